The summed E-state index contributed by atoms with van der Waals surface area (Å²) in [5.74, 6) is 2.08. The lowest BCUT2D eigenvalue weighted by molar-refractivity contribution is 0.0366. The Kier molecular flexibility index (Phi) is 6.07. The fourth-order valence-electron chi connectivity index (χ4n) is 3.51. The lowest BCUT2D eigenvalue weighted by Gasteiger charge is -2.26. The zero-order chi connectivity index (χ0) is 20.1. The second-order valence-electron chi connectivity index (χ2n) is 6.88. The van der Waals surface area contributed by atoms with Crippen LogP contribution in [-0.2, 0) is 11.3 Å². The van der Waals surface area contributed by atoms with E-state index in [9.17, 15) is 0 Å². The minimum Gasteiger partial charge on any atom is -0.493 e. The summed E-state index contributed by atoms with van der Waals surface area (Å²) in [4.78, 5) is 11.8. The summed E-state index contributed by atoms with van der Waals surface area (Å²) in [6.45, 7) is 5.32. The molecule has 1 saturated heterocycles. The lowest BCUT2D eigenvalue weighted by atomic mass is 10.2. The SMILES string of the molecule is COc1ccc(C=Nc2nc3ccccc3n2CCN2CCOCC2)cc1OC. The van der Waals surface area contributed by atoms with Gasteiger partial charge in [0, 0.05) is 32.4 Å². The summed E-state index contributed by atoms with van der Waals surface area (Å²) in [5, 5.41) is 0. The lowest BCUT2D eigenvalue weighted by Crippen LogP contribution is -2.38. The van der Waals surface area contributed by atoms with Gasteiger partial charge in [-0.25, -0.2) is 9.98 Å². The second-order valence-corrected chi connectivity index (χ2v) is 6.88. The highest BCUT2D eigenvalue weighted by atomic mass is 16.5. The number of benzene rings is 2. The molecule has 152 valence electrons. The fourth-order valence-corrected chi connectivity index (χ4v) is 3.51. The van der Waals surface area contributed by atoms with Crippen LogP contribution < -0.4 is 9.47 Å². The zero-order valence-electron chi connectivity index (χ0n) is 16.9. The summed E-state index contributed by atoms with van der Waals surface area (Å²) in [6.07, 6.45) is 1.81. The van der Waals surface area contributed by atoms with E-state index < -0.39 is 0 Å². The van der Waals surface area contributed by atoms with Crippen molar-refractivity contribution in [1.29, 1.82) is 0 Å². The summed E-state index contributed by atoms with van der Waals surface area (Å²) < 4.78 is 18.3. The Balaban J connectivity index is 1.60. The van der Waals surface area contributed by atoms with Gasteiger partial charge in [-0.15, -0.1) is 0 Å². The van der Waals surface area contributed by atoms with Crippen molar-refractivity contribution in [3.63, 3.8) is 0 Å². The first-order valence-corrected chi connectivity index (χ1v) is 9.80. The van der Waals surface area contributed by atoms with E-state index in [2.05, 4.69) is 15.5 Å². The Bertz CT molecular complexity index is 993. The Morgan fingerprint density at radius 3 is 2.62 bits per heavy atom. The largest absolute Gasteiger partial charge is 0.493 e. The minimum absolute atomic E-state index is 0.678. The standard InChI is InChI=1S/C22H26N4O3/c1-27-20-8-7-17(15-21(20)28-2)16-23-22-24-18-5-3-4-6-19(18)26(22)10-9-25-11-13-29-14-12-25/h3-8,15-16H,9-14H2,1-2H3. The van der Waals surface area contributed by atoms with Crippen molar-refractivity contribution in [2.24, 2.45) is 4.99 Å². The third-order valence-electron chi connectivity index (χ3n) is 5.11. The maximum absolute atomic E-state index is 5.45. The van der Waals surface area contributed by atoms with Gasteiger partial charge in [0.2, 0.25) is 5.95 Å². The van der Waals surface area contributed by atoms with Gasteiger partial charge in [0.1, 0.15) is 0 Å². The number of ether oxygens (including phenoxy) is 3. The van der Waals surface area contributed by atoms with Gasteiger partial charge in [0.25, 0.3) is 0 Å². The van der Waals surface area contributed by atoms with Crippen LogP contribution in [0.4, 0.5) is 5.95 Å². The molecule has 1 aliphatic rings. The number of hydrogen-bond donors (Lipinski definition) is 0. The first kappa shape index (κ1) is 19.4. The molecule has 0 spiro atoms. The summed E-state index contributed by atoms with van der Waals surface area (Å²) in [5.41, 5.74) is 2.98. The fraction of sp³-hybridized carbons (Fsp3) is 0.364. The molecule has 2 aromatic carbocycles. The molecule has 7 heteroatoms. The normalized spacial score (nSPS) is 15.2. The highest BCUT2D eigenvalue weighted by molar-refractivity contribution is 5.84. The molecule has 1 fully saturated rings. The minimum atomic E-state index is 0.678. The molecule has 0 atom stereocenters. The molecule has 3 aromatic rings. The van der Waals surface area contributed by atoms with Gasteiger partial charge in [0.05, 0.1) is 38.5 Å². The predicted molar refractivity (Wildman–Crippen MR) is 114 cm³/mol. The Morgan fingerprint density at radius 1 is 1.03 bits per heavy atom. The summed E-state index contributed by atoms with van der Waals surface area (Å²) >= 11 is 0. The Labute approximate surface area is 170 Å². The van der Waals surface area contributed by atoms with E-state index in [1.807, 2.05) is 42.6 Å². The van der Waals surface area contributed by atoms with Crippen molar-refractivity contribution < 1.29 is 14.2 Å². The predicted octanol–water partition coefficient (Wildman–Crippen LogP) is 3.14. The van der Waals surface area contributed by atoms with E-state index in [0.29, 0.717) is 17.4 Å². The Hall–Kier alpha value is -2.90. The molecule has 4 rings (SSSR count). The van der Waals surface area contributed by atoms with E-state index >= 15 is 0 Å². The molecular formula is C22H26N4O3. The average molecular weight is 394 g/mol. The van der Waals surface area contributed by atoms with Gasteiger partial charge < -0.3 is 18.8 Å². The molecular weight excluding hydrogens is 368 g/mol. The van der Waals surface area contributed by atoms with Crippen molar-refractivity contribution in [2.75, 3.05) is 47.1 Å². The third kappa shape index (κ3) is 4.41. The molecule has 0 saturated carbocycles. The van der Waals surface area contributed by atoms with Crippen molar-refractivity contribution in [1.82, 2.24) is 14.5 Å². The zero-order valence-corrected chi connectivity index (χ0v) is 16.9. The molecule has 0 N–H and O–H groups in total. The number of aromatic nitrogens is 2. The van der Waals surface area contributed by atoms with Crippen LogP contribution in [0.3, 0.4) is 0 Å². The molecule has 1 aliphatic heterocycles. The maximum atomic E-state index is 5.45. The quantitative estimate of drug-likeness (QED) is 0.576. The average Bonchev–Trinajstić information content (AvgIpc) is 3.14. The van der Waals surface area contributed by atoms with Crippen LogP contribution in [-0.4, -0.2) is 67.7 Å². The topological polar surface area (TPSA) is 61.1 Å². The maximum Gasteiger partial charge on any atom is 0.230 e. The van der Waals surface area contributed by atoms with E-state index in [0.717, 1.165) is 56.0 Å². The molecule has 29 heavy (non-hydrogen) atoms. The van der Waals surface area contributed by atoms with Crippen LogP contribution in [0.15, 0.2) is 47.5 Å². The summed E-state index contributed by atoms with van der Waals surface area (Å²) in [6, 6.07) is 13.9. The van der Waals surface area contributed by atoms with Crippen molar-refractivity contribution in [3.05, 3.63) is 48.0 Å². The van der Waals surface area contributed by atoms with Gasteiger partial charge in [-0.3, -0.25) is 4.90 Å². The van der Waals surface area contributed by atoms with Gasteiger partial charge in [-0.1, -0.05) is 12.1 Å². The van der Waals surface area contributed by atoms with Gasteiger partial charge in [0.15, 0.2) is 11.5 Å². The Morgan fingerprint density at radius 2 is 1.83 bits per heavy atom. The smallest absolute Gasteiger partial charge is 0.230 e. The highest BCUT2D eigenvalue weighted by Gasteiger charge is 2.14. The number of nitrogens with zero attached hydrogens (tertiary/aromatic N) is 4. The highest BCUT2D eigenvalue weighted by Crippen LogP contribution is 2.27. The molecule has 0 unspecified atom stereocenters. The number of methoxy groups -OCH3 is 2. The number of aliphatic imine (C=N–C) groups is 1. The number of hydrogen-bond acceptors (Lipinski definition) is 6. The number of para-hydroxylation sites is 2. The number of imidazole rings is 1. The molecule has 2 heterocycles. The summed E-state index contributed by atoms with van der Waals surface area (Å²) in [7, 11) is 3.26. The molecule has 0 aliphatic carbocycles. The van der Waals surface area contributed by atoms with Gasteiger partial charge in [-0.2, -0.15) is 0 Å². The molecule has 0 amide bonds. The van der Waals surface area contributed by atoms with Crippen LogP contribution in [0.5, 0.6) is 11.5 Å². The molecule has 0 bridgehead atoms. The molecule has 1 aromatic heterocycles. The van der Waals surface area contributed by atoms with E-state index in [1.54, 1.807) is 14.2 Å². The van der Waals surface area contributed by atoms with Crippen LogP contribution in [0.2, 0.25) is 0 Å². The van der Waals surface area contributed by atoms with Crippen LogP contribution in [0, 0.1) is 0 Å². The van der Waals surface area contributed by atoms with E-state index in [1.165, 1.54) is 0 Å². The van der Waals surface area contributed by atoms with Crippen molar-refractivity contribution in [2.45, 2.75) is 6.54 Å². The number of fused-ring (bicyclic) bond motifs is 1. The second kappa shape index (κ2) is 9.07. The number of morpholine rings is 1. The van der Waals surface area contributed by atoms with Crippen LogP contribution >= 0.6 is 0 Å². The monoisotopic (exact) mass is 394 g/mol. The molecule has 0 radical (unpaired) electrons. The first-order chi connectivity index (χ1) is 14.3. The van der Waals surface area contributed by atoms with Gasteiger partial charge in [-0.05, 0) is 35.9 Å². The van der Waals surface area contributed by atoms with Crippen molar-refractivity contribution >= 4 is 23.2 Å². The third-order valence-corrected chi connectivity index (χ3v) is 5.11. The van der Waals surface area contributed by atoms with Gasteiger partial charge >= 0.3 is 0 Å². The van der Waals surface area contributed by atoms with Crippen molar-refractivity contribution in [3.8, 4) is 11.5 Å². The van der Waals surface area contributed by atoms with Crippen LogP contribution in [0.25, 0.3) is 11.0 Å². The van der Waals surface area contributed by atoms with Crippen LogP contribution in [0.1, 0.15) is 5.56 Å². The molecule has 7 nitrogen and oxygen atoms in total. The first-order valence-electron chi connectivity index (χ1n) is 9.80. The van der Waals surface area contributed by atoms with E-state index in [4.69, 9.17) is 24.2 Å². The number of rotatable bonds is 7. The van der Waals surface area contributed by atoms with E-state index in [-0.39, 0.29) is 0 Å².